The highest BCUT2D eigenvalue weighted by molar-refractivity contribution is 7.19. The van der Waals surface area contributed by atoms with Crippen molar-refractivity contribution in [2.45, 2.75) is 64.3 Å². The van der Waals surface area contributed by atoms with Gasteiger partial charge in [-0.2, -0.15) is 0 Å². The lowest BCUT2D eigenvalue weighted by Crippen LogP contribution is -2.08. The molecule has 1 unspecified atom stereocenters. The molecule has 1 aromatic heterocycles. The van der Waals surface area contributed by atoms with E-state index in [-0.39, 0.29) is 11.9 Å². The minimum Gasteiger partial charge on any atom is -0.323 e. The Kier molecular flexibility index (Phi) is 6.65. The van der Waals surface area contributed by atoms with Crippen molar-refractivity contribution in [2.75, 3.05) is 0 Å². The highest BCUT2D eigenvalue weighted by atomic mass is 32.1. The summed E-state index contributed by atoms with van der Waals surface area (Å²) in [5.41, 5.74) is 6.28. The third-order valence-corrected chi connectivity index (χ3v) is 5.22. The Morgan fingerprint density at radius 3 is 2.52 bits per heavy atom. The first kappa shape index (κ1) is 16.4. The lowest BCUT2D eigenvalue weighted by atomic mass is 10.0. The second-order valence-electron chi connectivity index (χ2n) is 5.85. The number of hydrogen-bond donors (Lipinski definition) is 1. The Balaban J connectivity index is 1.75. The van der Waals surface area contributed by atoms with Gasteiger partial charge in [-0.05, 0) is 30.0 Å². The minimum atomic E-state index is -0.170. The molecule has 21 heavy (non-hydrogen) atoms. The maximum atomic E-state index is 13.2. The number of rotatable bonds is 9. The summed E-state index contributed by atoms with van der Waals surface area (Å²) in [4.78, 5) is 1.18. The van der Waals surface area contributed by atoms with Crippen LogP contribution in [0.3, 0.4) is 0 Å². The highest BCUT2D eigenvalue weighted by Gasteiger charge is 2.10. The number of unbranched alkanes of at least 4 members (excludes halogenated alkanes) is 6. The van der Waals surface area contributed by atoms with Gasteiger partial charge in [-0.3, -0.25) is 0 Å². The molecule has 1 nitrogen and oxygen atoms in total. The minimum absolute atomic E-state index is 0.0982. The van der Waals surface area contributed by atoms with Crippen LogP contribution in [0.15, 0.2) is 24.3 Å². The van der Waals surface area contributed by atoms with Crippen molar-refractivity contribution >= 4 is 21.4 Å². The number of thiophene rings is 1. The smallest absolute Gasteiger partial charge is 0.124 e. The van der Waals surface area contributed by atoms with Crippen molar-refractivity contribution in [3.05, 3.63) is 35.0 Å². The summed E-state index contributed by atoms with van der Waals surface area (Å²) in [6.07, 6.45) is 10.2. The van der Waals surface area contributed by atoms with Crippen molar-refractivity contribution in [2.24, 2.45) is 5.73 Å². The average Bonchev–Trinajstić information content (AvgIpc) is 2.89. The SMILES string of the molecule is CCCCCCCCCC(N)c1cc2ccc(F)cc2s1. The van der Waals surface area contributed by atoms with E-state index in [1.54, 1.807) is 17.4 Å². The standard InChI is InChI=1S/C18H26FNS/c1-2-3-4-5-6-7-8-9-16(20)18-12-14-10-11-15(19)13-17(14)21-18/h10-13,16H,2-9,20H2,1H3. The van der Waals surface area contributed by atoms with Crippen molar-refractivity contribution in [1.82, 2.24) is 0 Å². The molecule has 0 saturated heterocycles. The summed E-state index contributed by atoms with van der Waals surface area (Å²) in [5, 5.41) is 1.10. The molecule has 0 spiro atoms. The summed E-state index contributed by atoms with van der Waals surface area (Å²) in [6, 6.07) is 7.17. The fourth-order valence-electron chi connectivity index (χ4n) is 2.67. The number of hydrogen-bond acceptors (Lipinski definition) is 2. The van der Waals surface area contributed by atoms with Crippen molar-refractivity contribution < 1.29 is 4.39 Å². The number of benzene rings is 1. The van der Waals surface area contributed by atoms with E-state index in [2.05, 4.69) is 13.0 Å². The molecule has 2 rings (SSSR count). The molecule has 1 heterocycles. The van der Waals surface area contributed by atoms with Gasteiger partial charge in [-0.1, -0.05) is 57.9 Å². The first-order valence-corrected chi connectivity index (χ1v) is 8.97. The first-order chi connectivity index (χ1) is 10.2. The molecule has 0 aliphatic carbocycles. The van der Waals surface area contributed by atoms with Gasteiger partial charge in [-0.25, -0.2) is 4.39 Å². The molecule has 0 bridgehead atoms. The largest absolute Gasteiger partial charge is 0.323 e. The van der Waals surface area contributed by atoms with Crippen LogP contribution in [0.5, 0.6) is 0 Å². The summed E-state index contributed by atoms with van der Waals surface area (Å²) in [7, 11) is 0. The van der Waals surface area contributed by atoms with Crippen LogP contribution in [-0.2, 0) is 0 Å². The van der Waals surface area contributed by atoms with Gasteiger partial charge in [-0.15, -0.1) is 11.3 Å². The van der Waals surface area contributed by atoms with Crippen LogP contribution in [-0.4, -0.2) is 0 Å². The molecular weight excluding hydrogens is 281 g/mol. The van der Waals surface area contributed by atoms with Crippen LogP contribution < -0.4 is 5.73 Å². The maximum absolute atomic E-state index is 13.2. The summed E-state index contributed by atoms with van der Waals surface area (Å²) in [6.45, 7) is 2.25. The Bertz CT molecular complexity index is 549. The molecular formula is C18H26FNS. The van der Waals surface area contributed by atoms with Gasteiger partial charge in [0.15, 0.2) is 0 Å². The zero-order valence-corrected chi connectivity index (χ0v) is 13.7. The molecule has 0 saturated carbocycles. The van der Waals surface area contributed by atoms with Gasteiger partial charge in [0.1, 0.15) is 5.82 Å². The van der Waals surface area contributed by atoms with E-state index in [0.29, 0.717) is 0 Å². The van der Waals surface area contributed by atoms with E-state index in [9.17, 15) is 4.39 Å². The molecule has 1 atom stereocenters. The van der Waals surface area contributed by atoms with Gasteiger partial charge in [0, 0.05) is 15.6 Å². The number of fused-ring (bicyclic) bond motifs is 1. The molecule has 1 aromatic carbocycles. The monoisotopic (exact) mass is 307 g/mol. The van der Waals surface area contributed by atoms with Crippen molar-refractivity contribution in [3.8, 4) is 0 Å². The van der Waals surface area contributed by atoms with E-state index in [1.807, 2.05) is 6.07 Å². The van der Waals surface area contributed by atoms with Gasteiger partial charge in [0.25, 0.3) is 0 Å². The van der Waals surface area contributed by atoms with E-state index >= 15 is 0 Å². The lowest BCUT2D eigenvalue weighted by Gasteiger charge is -2.08. The van der Waals surface area contributed by atoms with Crippen molar-refractivity contribution in [3.63, 3.8) is 0 Å². The Morgan fingerprint density at radius 1 is 1.05 bits per heavy atom. The van der Waals surface area contributed by atoms with Gasteiger partial charge < -0.3 is 5.73 Å². The number of halogens is 1. The second-order valence-corrected chi connectivity index (χ2v) is 6.96. The van der Waals surface area contributed by atoms with Gasteiger partial charge in [0.05, 0.1) is 0 Å². The Hall–Kier alpha value is -0.930. The van der Waals surface area contributed by atoms with E-state index in [4.69, 9.17) is 5.73 Å². The molecule has 2 N–H and O–H groups in total. The normalized spacial score (nSPS) is 12.9. The molecule has 0 amide bonds. The molecule has 3 heteroatoms. The first-order valence-electron chi connectivity index (χ1n) is 8.15. The zero-order valence-electron chi connectivity index (χ0n) is 12.9. The quantitative estimate of drug-likeness (QED) is 0.550. The molecule has 116 valence electrons. The molecule has 2 aromatic rings. The van der Waals surface area contributed by atoms with Crippen LogP contribution in [0.2, 0.25) is 0 Å². The van der Waals surface area contributed by atoms with Crippen LogP contribution in [0.1, 0.15) is 69.2 Å². The zero-order chi connectivity index (χ0) is 15.1. The Morgan fingerprint density at radius 2 is 1.76 bits per heavy atom. The fourth-order valence-corrected chi connectivity index (χ4v) is 3.80. The van der Waals surface area contributed by atoms with Crippen molar-refractivity contribution in [1.29, 1.82) is 0 Å². The molecule has 0 aliphatic rings. The number of nitrogens with two attached hydrogens (primary N) is 1. The van der Waals surface area contributed by atoms with Crippen LogP contribution in [0.4, 0.5) is 4.39 Å². The predicted octanol–water partition coefficient (Wildman–Crippen LogP) is 6.18. The third kappa shape index (κ3) is 5.08. The summed E-state index contributed by atoms with van der Waals surface area (Å²) >= 11 is 1.63. The lowest BCUT2D eigenvalue weighted by molar-refractivity contribution is 0.544. The highest BCUT2D eigenvalue weighted by Crippen LogP contribution is 2.31. The molecule has 0 aliphatic heterocycles. The Labute approximate surface area is 131 Å². The van der Waals surface area contributed by atoms with Gasteiger partial charge in [0.2, 0.25) is 0 Å². The topological polar surface area (TPSA) is 26.0 Å². The molecule has 0 radical (unpaired) electrons. The molecule has 0 fully saturated rings. The van der Waals surface area contributed by atoms with E-state index < -0.39 is 0 Å². The predicted molar refractivity (Wildman–Crippen MR) is 91.3 cm³/mol. The summed E-state index contributed by atoms with van der Waals surface area (Å²) < 4.78 is 14.2. The van der Waals surface area contributed by atoms with E-state index in [1.165, 1.54) is 55.9 Å². The van der Waals surface area contributed by atoms with Crippen LogP contribution in [0, 0.1) is 5.82 Å². The van der Waals surface area contributed by atoms with E-state index in [0.717, 1.165) is 16.5 Å². The van der Waals surface area contributed by atoms with Crippen LogP contribution >= 0.6 is 11.3 Å². The second kappa shape index (κ2) is 8.50. The van der Waals surface area contributed by atoms with Crippen LogP contribution in [0.25, 0.3) is 10.1 Å². The fraction of sp³-hybridized carbons (Fsp3) is 0.556. The third-order valence-electron chi connectivity index (χ3n) is 3.99. The maximum Gasteiger partial charge on any atom is 0.124 e. The summed E-state index contributed by atoms with van der Waals surface area (Å²) in [5.74, 6) is -0.170. The van der Waals surface area contributed by atoms with Gasteiger partial charge >= 0.3 is 0 Å². The average molecular weight is 307 g/mol.